The Morgan fingerprint density at radius 2 is 1.70 bits per heavy atom. The molecular formula is C20H35N3O7. The minimum Gasteiger partial charge on any atom is -0.483 e. The first-order valence-corrected chi connectivity index (χ1v) is 10.6. The fraction of sp³-hybridized carbons (Fsp3) is 0.850. The van der Waals surface area contributed by atoms with Gasteiger partial charge in [0.25, 0.3) is 12.9 Å². The maximum absolute atomic E-state index is 12.5. The van der Waals surface area contributed by atoms with Crippen LogP contribution in [0.2, 0.25) is 0 Å². The molecule has 3 saturated heterocycles. The predicted molar refractivity (Wildman–Crippen MR) is 108 cm³/mol. The van der Waals surface area contributed by atoms with E-state index in [1.54, 1.807) is 0 Å². The van der Waals surface area contributed by atoms with Crippen molar-refractivity contribution in [3.8, 4) is 0 Å². The van der Waals surface area contributed by atoms with Gasteiger partial charge in [-0.1, -0.05) is 0 Å². The highest BCUT2D eigenvalue weighted by Gasteiger charge is 2.46. The van der Waals surface area contributed by atoms with Crippen molar-refractivity contribution in [1.82, 2.24) is 14.7 Å². The second-order valence-electron chi connectivity index (χ2n) is 8.36. The average Bonchev–Trinajstić information content (AvgIpc) is 3.51. The lowest BCUT2D eigenvalue weighted by atomic mass is 10.00. The van der Waals surface area contributed by atoms with E-state index in [-0.39, 0.29) is 30.6 Å². The van der Waals surface area contributed by atoms with Crippen LogP contribution in [0.3, 0.4) is 0 Å². The van der Waals surface area contributed by atoms with E-state index in [1.165, 1.54) is 0 Å². The third kappa shape index (κ3) is 7.50. The zero-order chi connectivity index (χ0) is 22.0. The van der Waals surface area contributed by atoms with Gasteiger partial charge in [-0.15, -0.1) is 0 Å². The number of hydrogen-bond acceptors (Lipinski definition) is 7. The number of carbonyl (C=O) groups excluding carboxylic acids is 1. The molecule has 4 rings (SSSR count). The molecule has 1 saturated carbocycles. The zero-order valence-corrected chi connectivity index (χ0v) is 17.8. The maximum atomic E-state index is 12.5. The second-order valence-corrected chi connectivity index (χ2v) is 8.36. The highest BCUT2D eigenvalue weighted by atomic mass is 16.6. The van der Waals surface area contributed by atoms with Crippen LogP contribution in [-0.4, -0.2) is 122 Å². The average molecular weight is 430 g/mol. The van der Waals surface area contributed by atoms with Crippen molar-refractivity contribution in [1.29, 1.82) is 0 Å². The number of likely N-dealkylation sites (N-methyl/N-ethyl adjacent to an activating group) is 1. The Bertz CT molecular complexity index is 547. The summed E-state index contributed by atoms with van der Waals surface area (Å²) in [5, 5.41) is 13.8. The summed E-state index contributed by atoms with van der Waals surface area (Å²) in [4.78, 5) is 36.1. The summed E-state index contributed by atoms with van der Waals surface area (Å²) in [5.41, 5.74) is -0.266. The van der Waals surface area contributed by atoms with Crippen molar-refractivity contribution < 1.29 is 34.1 Å². The molecule has 1 amide bonds. The van der Waals surface area contributed by atoms with E-state index < -0.39 is 0 Å². The summed E-state index contributed by atoms with van der Waals surface area (Å²) in [5.74, 6) is 0.605. The van der Waals surface area contributed by atoms with E-state index in [9.17, 15) is 4.79 Å². The van der Waals surface area contributed by atoms with Gasteiger partial charge in [0, 0.05) is 45.2 Å². The molecule has 0 aromatic carbocycles. The number of ether oxygens (including phenoxy) is 2. The summed E-state index contributed by atoms with van der Waals surface area (Å²) in [6.45, 7) is 7.80. The summed E-state index contributed by atoms with van der Waals surface area (Å²) in [6, 6.07) is 0. The van der Waals surface area contributed by atoms with Crippen LogP contribution < -0.4 is 0 Å². The lowest BCUT2D eigenvalue weighted by molar-refractivity contribution is -0.138. The van der Waals surface area contributed by atoms with E-state index in [0.717, 1.165) is 71.5 Å². The lowest BCUT2D eigenvalue weighted by Crippen LogP contribution is -2.49. The summed E-state index contributed by atoms with van der Waals surface area (Å²) < 4.78 is 12.3. The molecular weight excluding hydrogens is 394 g/mol. The van der Waals surface area contributed by atoms with Crippen LogP contribution in [0, 0.1) is 5.92 Å². The van der Waals surface area contributed by atoms with E-state index >= 15 is 0 Å². The van der Waals surface area contributed by atoms with Gasteiger partial charge in [-0.25, -0.2) is 0 Å². The van der Waals surface area contributed by atoms with E-state index in [1.807, 2.05) is 4.90 Å². The first-order chi connectivity index (χ1) is 14.5. The number of hydrogen-bond donors (Lipinski definition) is 2. The quantitative estimate of drug-likeness (QED) is 0.589. The maximum Gasteiger partial charge on any atom is 0.290 e. The molecule has 172 valence electrons. The van der Waals surface area contributed by atoms with Crippen LogP contribution in [0.15, 0.2) is 0 Å². The SMILES string of the molecule is CN1CCN(CC2CCC3(COCCN(C(=O)C4CC4)C3)O2)CC1.O=CO.O=CO. The fourth-order valence-corrected chi connectivity index (χ4v) is 4.25. The standard InChI is InChI=1S/C18H31N3O3.2CH2O2/c1-19-6-8-20(9-7-19)12-16-4-5-18(24-16)13-21(10-11-23-14-18)17(22)15-2-3-15;2*2-1-3/h15-16H,2-14H2,1H3;2*1H,(H,2,3). The molecule has 0 aromatic rings. The Morgan fingerprint density at radius 3 is 2.30 bits per heavy atom. The molecule has 10 heteroatoms. The molecule has 0 radical (unpaired) electrons. The summed E-state index contributed by atoms with van der Waals surface area (Å²) in [6.07, 6.45) is 4.51. The minimum atomic E-state index is -0.266. The van der Waals surface area contributed by atoms with Crippen molar-refractivity contribution >= 4 is 18.9 Å². The minimum absolute atomic E-state index is 0.250. The monoisotopic (exact) mass is 429 g/mol. The van der Waals surface area contributed by atoms with Gasteiger partial charge in [0.05, 0.1) is 25.9 Å². The molecule has 4 aliphatic rings. The first kappa shape index (κ1) is 24.5. The van der Waals surface area contributed by atoms with E-state index in [0.29, 0.717) is 19.1 Å². The number of carboxylic acid groups (broad SMARTS) is 2. The number of amides is 1. The molecule has 3 heterocycles. The molecule has 0 bridgehead atoms. The van der Waals surface area contributed by atoms with Crippen LogP contribution >= 0.6 is 0 Å². The number of rotatable bonds is 3. The Balaban J connectivity index is 0.000000480. The number of carbonyl (C=O) groups is 3. The summed E-state index contributed by atoms with van der Waals surface area (Å²) in [7, 11) is 2.19. The summed E-state index contributed by atoms with van der Waals surface area (Å²) >= 11 is 0. The molecule has 2 N–H and O–H groups in total. The largest absolute Gasteiger partial charge is 0.483 e. The molecule has 2 unspecified atom stereocenters. The van der Waals surface area contributed by atoms with Gasteiger partial charge in [0.15, 0.2) is 0 Å². The van der Waals surface area contributed by atoms with Crippen LogP contribution in [0.25, 0.3) is 0 Å². The van der Waals surface area contributed by atoms with Crippen LogP contribution in [0.5, 0.6) is 0 Å². The molecule has 4 fully saturated rings. The van der Waals surface area contributed by atoms with Crippen LogP contribution in [0.1, 0.15) is 25.7 Å². The Hall–Kier alpha value is -1.75. The predicted octanol–water partition coefficient (Wildman–Crippen LogP) is -0.178. The first-order valence-electron chi connectivity index (χ1n) is 10.6. The molecule has 3 aliphatic heterocycles. The Labute approximate surface area is 177 Å². The van der Waals surface area contributed by atoms with Crippen molar-refractivity contribution in [2.24, 2.45) is 5.92 Å². The molecule has 10 nitrogen and oxygen atoms in total. The van der Waals surface area contributed by atoms with Crippen molar-refractivity contribution in [2.45, 2.75) is 37.4 Å². The number of piperazine rings is 1. The van der Waals surface area contributed by atoms with Crippen LogP contribution in [0.4, 0.5) is 0 Å². The third-order valence-corrected chi connectivity index (χ3v) is 5.98. The lowest BCUT2D eigenvalue weighted by Gasteiger charge is -2.35. The molecule has 0 aromatic heterocycles. The topological polar surface area (TPSA) is 120 Å². The molecule has 2 atom stereocenters. The van der Waals surface area contributed by atoms with Gasteiger partial charge >= 0.3 is 0 Å². The van der Waals surface area contributed by atoms with E-state index in [2.05, 4.69) is 16.8 Å². The molecule has 1 spiro atoms. The fourth-order valence-electron chi connectivity index (χ4n) is 4.25. The highest BCUT2D eigenvalue weighted by molar-refractivity contribution is 5.81. The smallest absolute Gasteiger partial charge is 0.290 e. The zero-order valence-electron chi connectivity index (χ0n) is 17.8. The van der Waals surface area contributed by atoms with Gasteiger partial charge in [0.1, 0.15) is 5.60 Å². The molecule has 30 heavy (non-hydrogen) atoms. The van der Waals surface area contributed by atoms with Gasteiger partial charge in [-0.05, 0) is 32.7 Å². The van der Waals surface area contributed by atoms with Crippen molar-refractivity contribution in [3.05, 3.63) is 0 Å². The van der Waals surface area contributed by atoms with Gasteiger partial charge < -0.3 is 29.5 Å². The van der Waals surface area contributed by atoms with Gasteiger partial charge in [-0.3, -0.25) is 19.3 Å². The van der Waals surface area contributed by atoms with Crippen LogP contribution in [-0.2, 0) is 23.9 Å². The third-order valence-electron chi connectivity index (χ3n) is 5.98. The number of nitrogens with zero attached hydrogens (tertiary/aromatic N) is 3. The second kappa shape index (κ2) is 12.2. The van der Waals surface area contributed by atoms with Crippen molar-refractivity contribution in [3.63, 3.8) is 0 Å². The highest BCUT2D eigenvalue weighted by Crippen LogP contribution is 2.36. The Kier molecular flexibility index (Phi) is 9.96. The normalized spacial score (nSPS) is 29.8. The van der Waals surface area contributed by atoms with Crippen molar-refractivity contribution in [2.75, 3.05) is 66.1 Å². The Morgan fingerprint density at radius 1 is 1.07 bits per heavy atom. The van der Waals surface area contributed by atoms with E-state index in [4.69, 9.17) is 29.3 Å². The van der Waals surface area contributed by atoms with Gasteiger partial charge in [0.2, 0.25) is 5.91 Å². The van der Waals surface area contributed by atoms with Gasteiger partial charge in [-0.2, -0.15) is 0 Å². The molecule has 1 aliphatic carbocycles.